The maximum absolute atomic E-state index is 9.17. The predicted octanol–water partition coefficient (Wildman–Crippen LogP) is 2.49. The van der Waals surface area contributed by atoms with Crippen molar-refractivity contribution in [2.45, 2.75) is 31.8 Å². The van der Waals surface area contributed by atoms with E-state index < -0.39 is 0 Å². The van der Waals surface area contributed by atoms with Gasteiger partial charge in [-0.2, -0.15) is 0 Å². The molecule has 1 N–H and O–H groups in total. The van der Waals surface area contributed by atoms with E-state index >= 15 is 0 Å². The maximum Gasteiger partial charge on any atom is 0.0540 e. The first-order chi connectivity index (χ1) is 4.83. The van der Waals surface area contributed by atoms with Gasteiger partial charge in [-0.15, -0.1) is 0 Å². The van der Waals surface area contributed by atoms with E-state index in [0.29, 0.717) is 0 Å². The van der Waals surface area contributed by atoms with Gasteiger partial charge in [0.25, 0.3) is 0 Å². The number of aliphatic hydroxyl groups excluding tert-OH is 1. The first-order valence-electron chi connectivity index (χ1n) is 3.78. The van der Waals surface area contributed by atoms with E-state index in [4.69, 9.17) is 5.11 Å². The average Bonchev–Trinajstić information content (AvgIpc) is 1.95. The summed E-state index contributed by atoms with van der Waals surface area (Å²) in [5, 5.41) is 9.17. The molecule has 1 aliphatic rings. The molecule has 0 spiro atoms. The smallest absolute Gasteiger partial charge is 0.0540 e. The summed E-state index contributed by atoms with van der Waals surface area (Å²) in [6, 6.07) is 0. The van der Waals surface area contributed by atoms with Gasteiger partial charge in [-0.3, -0.25) is 0 Å². The minimum Gasteiger partial charge on any atom is -0.393 e. The summed E-state index contributed by atoms with van der Waals surface area (Å²) in [4.78, 5) is 0. The zero-order valence-corrected chi connectivity index (χ0v) is 8.12. The number of rotatable bonds is 1. The third-order valence-electron chi connectivity index (χ3n) is 2.09. The molecule has 2 heteroatoms. The van der Waals surface area contributed by atoms with Crippen molar-refractivity contribution in [3.8, 4) is 0 Å². The van der Waals surface area contributed by atoms with Crippen LogP contribution in [0.15, 0.2) is 10.2 Å². The van der Waals surface area contributed by atoms with Gasteiger partial charge < -0.3 is 5.11 Å². The molecule has 0 heterocycles. The van der Waals surface area contributed by atoms with Gasteiger partial charge in [0.1, 0.15) is 0 Å². The molecule has 0 atom stereocenters. The van der Waals surface area contributed by atoms with Crippen LogP contribution >= 0.6 is 22.6 Å². The predicted molar refractivity (Wildman–Crippen MR) is 51.1 cm³/mol. The van der Waals surface area contributed by atoms with Gasteiger partial charge in [-0.25, -0.2) is 0 Å². The molecule has 1 nitrogen and oxygen atoms in total. The number of hydrogen-bond acceptors (Lipinski definition) is 1. The summed E-state index contributed by atoms with van der Waals surface area (Å²) < 4.78 is 2.08. The Bertz CT molecular complexity index is 114. The third-order valence-corrected chi connectivity index (χ3v) is 2.50. The summed E-state index contributed by atoms with van der Waals surface area (Å²) >= 11 is 2.25. The van der Waals surface area contributed by atoms with Crippen LogP contribution in [0.3, 0.4) is 0 Å². The second-order valence-electron chi connectivity index (χ2n) is 2.89. The second kappa shape index (κ2) is 4.34. The van der Waals surface area contributed by atoms with Crippen molar-refractivity contribution in [2.75, 3.05) is 0 Å². The lowest BCUT2D eigenvalue weighted by Gasteiger charge is -2.22. The lowest BCUT2D eigenvalue weighted by Crippen LogP contribution is -2.16. The van der Waals surface area contributed by atoms with E-state index in [2.05, 4.69) is 32.7 Å². The molecule has 0 saturated heterocycles. The molecule has 1 saturated carbocycles. The largest absolute Gasteiger partial charge is 0.393 e. The van der Waals surface area contributed by atoms with Crippen molar-refractivity contribution in [1.82, 2.24) is 0 Å². The van der Waals surface area contributed by atoms with Crippen LogP contribution in [0.25, 0.3) is 0 Å². The molecule has 0 unspecified atom stereocenters. The molecule has 1 fully saturated rings. The molecule has 0 aliphatic heterocycles. The Balaban J connectivity index is 2.26. The average molecular weight is 252 g/mol. The van der Waals surface area contributed by atoms with Crippen LogP contribution in [0.2, 0.25) is 0 Å². The normalized spacial score (nSPS) is 35.0. The second-order valence-corrected chi connectivity index (χ2v) is 3.61. The highest BCUT2D eigenvalue weighted by atomic mass is 127. The molecule has 0 aromatic carbocycles. The number of aliphatic hydroxyl groups is 1. The van der Waals surface area contributed by atoms with Crippen molar-refractivity contribution in [3.05, 3.63) is 10.2 Å². The maximum atomic E-state index is 9.17. The monoisotopic (exact) mass is 252 g/mol. The van der Waals surface area contributed by atoms with E-state index in [1.165, 1.54) is 12.8 Å². The molecule has 0 aromatic heterocycles. The highest BCUT2D eigenvalue weighted by Gasteiger charge is 2.16. The van der Waals surface area contributed by atoms with Crippen LogP contribution in [0.4, 0.5) is 0 Å². The van der Waals surface area contributed by atoms with Crippen LogP contribution < -0.4 is 0 Å². The SMILES string of the molecule is OC1CCC(/C=C\I)CC1. The van der Waals surface area contributed by atoms with E-state index in [-0.39, 0.29) is 6.10 Å². The summed E-state index contributed by atoms with van der Waals surface area (Å²) in [5.74, 6) is 0.736. The molecule has 1 rings (SSSR count). The van der Waals surface area contributed by atoms with Crippen LogP contribution in [0, 0.1) is 5.92 Å². The van der Waals surface area contributed by atoms with Gasteiger partial charge in [-0.05, 0) is 35.7 Å². The van der Waals surface area contributed by atoms with Gasteiger partial charge in [0.15, 0.2) is 0 Å². The molecular formula is C8H13IO. The zero-order valence-electron chi connectivity index (χ0n) is 5.96. The quantitative estimate of drug-likeness (QED) is 0.711. The Morgan fingerprint density at radius 3 is 2.30 bits per heavy atom. The Kier molecular flexibility index (Phi) is 3.70. The summed E-state index contributed by atoms with van der Waals surface area (Å²) in [7, 11) is 0. The van der Waals surface area contributed by atoms with Crippen molar-refractivity contribution in [1.29, 1.82) is 0 Å². The molecule has 0 aromatic rings. The number of allylic oxidation sites excluding steroid dienone is 1. The van der Waals surface area contributed by atoms with Crippen molar-refractivity contribution in [2.24, 2.45) is 5.92 Å². The fourth-order valence-corrected chi connectivity index (χ4v) is 1.98. The van der Waals surface area contributed by atoms with Crippen molar-refractivity contribution >= 4 is 22.6 Å². The number of halogens is 1. The third kappa shape index (κ3) is 2.58. The minimum absolute atomic E-state index is 0.0149. The van der Waals surface area contributed by atoms with Crippen molar-refractivity contribution < 1.29 is 5.11 Å². The van der Waals surface area contributed by atoms with Crippen LogP contribution in [-0.2, 0) is 0 Å². The molecule has 0 amide bonds. The standard InChI is InChI=1S/C8H13IO/c9-6-5-7-1-3-8(10)4-2-7/h5-8,10H,1-4H2/b6-5-. The van der Waals surface area contributed by atoms with E-state index in [1.54, 1.807) is 0 Å². The van der Waals surface area contributed by atoms with Crippen molar-refractivity contribution in [3.63, 3.8) is 0 Å². The van der Waals surface area contributed by atoms with E-state index in [0.717, 1.165) is 18.8 Å². The van der Waals surface area contributed by atoms with Crippen LogP contribution in [0.1, 0.15) is 25.7 Å². The first-order valence-corrected chi connectivity index (χ1v) is 5.02. The Morgan fingerprint density at radius 2 is 1.80 bits per heavy atom. The van der Waals surface area contributed by atoms with Gasteiger partial charge in [0, 0.05) is 0 Å². The number of hydrogen-bond donors (Lipinski definition) is 1. The van der Waals surface area contributed by atoms with E-state index in [9.17, 15) is 0 Å². The minimum atomic E-state index is -0.0149. The molecule has 0 bridgehead atoms. The highest BCUT2D eigenvalue weighted by molar-refractivity contribution is 14.1. The Labute approximate surface area is 75.7 Å². The Hall–Kier alpha value is 0.430. The summed E-state index contributed by atoms with van der Waals surface area (Å²) in [5.41, 5.74) is 0. The highest BCUT2D eigenvalue weighted by Crippen LogP contribution is 2.25. The lowest BCUT2D eigenvalue weighted by atomic mass is 9.88. The molecule has 10 heavy (non-hydrogen) atoms. The summed E-state index contributed by atoms with van der Waals surface area (Å²) in [6.07, 6.45) is 6.55. The zero-order chi connectivity index (χ0) is 7.40. The molecule has 0 radical (unpaired) electrons. The van der Waals surface area contributed by atoms with Gasteiger partial charge in [0.05, 0.1) is 6.10 Å². The molecular weight excluding hydrogens is 239 g/mol. The van der Waals surface area contributed by atoms with Gasteiger partial charge in [-0.1, -0.05) is 28.7 Å². The first kappa shape index (κ1) is 8.53. The van der Waals surface area contributed by atoms with Crippen LogP contribution in [-0.4, -0.2) is 11.2 Å². The summed E-state index contributed by atoms with van der Waals surface area (Å²) in [6.45, 7) is 0. The Morgan fingerprint density at radius 1 is 1.20 bits per heavy atom. The van der Waals surface area contributed by atoms with Crippen LogP contribution in [0.5, 0.6) is 0 Å². The van der Waals surface area contributed by atoms with E-state index in [1.807, 2.05) is 0 Å². The molecule has 58 valence electrons. The molecule has 1 aliphatic carbocycles. The lowest BCUT2D eigenvalue weighted by molar-refractivity contribution is 0.118. The fraction of sp³-hybridized carbons (Fsp3) is 0.750. The van der Waals surface area contributed by atoms with Gasteiger partial charge in [0.2, 0.25) is 0 Å². The topological polar surface area (TPSA) is 20.2 Å². The fourth-order valence-electron chi connectivity index (χ4n) is 1.40. The van der Waals surface area contributed by atoms with Gasteiger partial charge >= 0.3 is 0 Å².